The number of carbonyl (C=O) groups excluding carboxylic acids is 2. The topological polar surface area (TPSA) is 77.1 Å². The first kappa shape index (κ1) is 15.7. The van der Waals surface area contributed by atoms with Gasteiger partial charge in [-0.2, -0.15) is 0 Å². The van der Waals surface area contributed by atoms with E-state index in [1.54, 1.807) is 12.1 Å². The normalized spacial score (nSPS) is 12.8. The number of nitrogens with two attached hydrogens (primary N) is 1. The highest BCUT2D eigenvalue weighted by atomic mass is 32.1. The predicted molar refractivity (Wildman–Crippen MR) is 98.6 cm³/mol. The molecule has 0 saturated carbocycles. The number of benzene rings is 1. The van der Waals surface area contributed by atoms with Crippen molar-refractivity contribution in [1.82, 2.24) is 4.57 Å². The van der Waals surface area contributed by atoms with Crippen LogP contribution in [0.2, 0.25) is 0 Å². The molecule has 1 aromatic carbocycles. The van der Waals surface area contributed by atoms with Crippen LogP contribution < -0.4 is 11.1 Å². The van der Waals surface area contributed by atoms with Gasteiger partial charge in [0.25, 0.3) is 11.8 Å². The fourth-order valence-corrected chi connectivity index (χ4v) is 4.51. The van der Waals surface area contributed by atoms with Crippen molar-refractivity contribution in [3.05, 3.63) is 70.4 Å². The first-order chi connectivity index (χ1) is 12.1. The van der Waals surface area contributed by atoms with Crippen LogP contribution in [0.25, 0.3) is 5.69 Å². The number of nitrogens with zero attached hydrogens (tertiary/aromatic N) is 1. The number of anilines is 1. The maximum absolute atomic E-state index is 12.6. The third kappa shape index (κ3) is 2.85. The van der Waals surface area contributed by atoms with Crippen LogP contribution in [0.5, 0.6) is 0 Å². The lowest BCUT2D eigenvalue weighted by molar-refractivity contribution is 0.100. The highest BCUT2D eigenvalue weighted by molar-refractivity contribution is 7.17. The third-order valence-corrected chi connectivity index (χ3v) is 5.63. The van der Waals surface area contributed by atoms with E-state index in [1.807, 2.05) is 41.2 Å². The summed E-state index contributed by atoms with van der Waals surface area (Å²) in [6.45, 7) is 0. The van der Waals surface area contributed by atoms with Crippen molar-refractivity contribution in [1.29, 1.82) is 0 Å². The number of aryl methyl sites for hydroxylation is 1. The Morgan fingerprint density at radius 2 is 1.80 bits per heavy atom. The van der Waals surface area contributed by atoms with Crippen molar-refractivity contribution < 1.29 is 9.59 Å². The second-order valence-electron chi connectivity index (χ2n) is 6.02. The zero-order chi connectivity index (χ0) is 17.4. The minimum atomic E-state index is -0.474. The molecule has 0 atom stereocenters. The molecule has 5 nitrogen and oxygen atoms in total. The van der Waals surface area contributed by atoms with Gasteiger partial charge in [-0.25, -0.2) is 0 Å². The number of rotatable bonds is 4. The average Bonchev–Trinajstić information content (AvgIpc) is 3.31. The van der Waals surface area contributed by atoms with Gasteiger partial charge in [-0.1, -0.05) is 0 Å². The van der Waals surface area contributed by atoms with Gasteiger partial charge >= 0.3 is 0 Å². The predicted octanol–water partition coefficient (Wildman–Crippen LogP) is 3.38. The molecular weight excluding hydrogens is 334 g/mol. The molecule has 0 spiro atoms. The Hall–Kier alpha value is -2.86. The van der Waals surface area contributed by atoms with E-state index in [2.05, 4.69) is 5.32 Å². The smallest absolute Gasteiger partial charge is 0.256 e. The molecule has 0 saturated heterocycles. The van der Waals surface area contributed by atoms with E-state index in [0.717, 1.165) is 35.4 Å². The molecule has 0 radical (unpaired) electrons. The lowest BCUT2D eigenvalue weighted by atomic mass is 10.1. The van der Waals surface area contributed by atoms with E-state index in [9.17, 15) is 9.59 Å². The summed E-state index contributed by atoms with van der Waals surface area (Å²) in [4.78, 5) is 25.5. The van der Waals surface area contributed by atoms with Gasteiger partial charge in [0.1, 0.15) is 5.00 Å². The molecular formula is C19H17N3O2S. The molecule has 1 aliphatic carbocycles. The van der Waals surface area contributed by atoms with Crippen molar-refractivity contribution in [2.45, 2.75) is 19.3 Å². The Labute approximate surface area is 149 Å². The Kier molecular flexibility index (Phi) is 3.89. The minimum Gasteiger partial charge on any atom is -0.365 e. The molecule has 6 heteroatoms. The van der Waals surface area contributed by atoms with Gasteiger partial charge in [0.05, 0.1) is 5.56 Å². The molecule has 126 valence electrons. The van der Waals surface area contributed by atoms with Gasteiger partial charge < -0.3 is 15.6 Å². The molecule has 2 aromatic heterocycles. The number of hydrogen-bond acceptors (Lipinski definition) is 3. The number of hydrogen-bond donors (Lipinski definition) is 2. The molecule has 0 unspecified atom stereocenters. The summed E-state index contributed by atoms with van der Waals surface area (Å²) in [6.07, 6.45) is 6.73. The van der Waals surface area contributed by atoms with Gasteiger partial charge in [-0.3, -0.25) is 9.59 Å². The summed E-state index contributed by atoms with van der Waals surface area (Å²) in [7, 11) is 0. The zero-order valence-electron chi connectivity index (χ0n) is 13.5. The van der Waals surface area contributed by atoms with E-state index in [0.29, 0.717) is 16.1 Å². The summed E-state index contributed by atoms with van der Waals surface area (Å²) in [5.74, 6) is -0.709. The Morgan fingerprint density at radius 1 is 1.08 bits per heavy atom. The Balaban J connectivity index is 1.58. The lowest BCUT2D eigenvalue weighted by Gasteiger charge is -2.07. The minimum absolute atomic E-state index is 0.235. The molecule has 0 fully saturated rings. The molecule has 1 aliphatic rings. The summed E-state index contributed by atoms with van der Waals surface area (Å²) >= 11 is 1.46. The molecule has 4 rings (SSSR count). The first-order valence-electron chi connectivity index (χ1n) is 8.12. The van der Waals surface area contributed by atoms with E-state index >= 15 is 0 Å². The Morgan fingerprint density at radius 3 is 2.48 bits per heavy atom. The van der Waals surface area contributed by atoms with Crippen molar-refractivity contribution in [2.75, 3.05) is 5.32 Å². The highest BCUT2D eigenvalue weighted by Crippen LogP contribution is 2.39. The number of carbonyl (C=O) groups is 2. The second kappa shape index (κ2) is 6.22. The van der Waals surface area contributed by atoms with Gasteiger partial charge in [0.2, 0.25) is 0 Å². The fourth-order valence-electron chi connectivity index (χ4n) is 3.22. The molecule has 2 heterocycles. The fraction of sp³-hybridized carbons (Fsp3) is 0.158. The number of primary amides is 1. The molecule has 3 N–H and O–H groups in total. The number of nitrogens with one attached hydrogen (secondary N) is 1. The standard InChI is InChI=1S/C19H17N3O2S/c20-17(23)16-14-4-3-5-15(14)25-19(16)21-18(24)12-6-8-13(9-7-12)22-10-1-2-11-22/h1-2,6-11H,3-5H2,(H2,20,23)(H,21,24). The molecule has 0 aliphatic heterocycles. The van der Waals surface area contributed by atoms with Crippen LogP contribution >= 0.6 is 11.3 Å². The summed E-state index contributed by atoms with van der Waals surface area (Å²) in [5, 5.41) is 3.43. The van der Waals surface area contributed by atoms with Crippen molar-refractivity contribution in [3.8, 4) is 5.69 Å². The Bertz CT molecular complexity index is 940. The zero-order valence-corrected chi connectivity index (χ0v) is 14.3. The van der Waals surface area contributed by atoms with Crippen LogP contribution in [0, 0.1) is 0 Å². The molecule has 3 aromatic rings. The maximum Gasteiger partial charge on any atom is 0.256 e. The van der Waals surface area contributed by atoms with E-state index < -0.39 is 5.91 Å². The number of aromatic nitrogens is 1. The molecule has 0 bridgehead atoms. The van der Waals surface area contributed by atoms with Gasteiger partial charge in [0, 0.05) is 28.5 Å². The van der Waals surface area contributed by atoms with Crippen molar-refractivity contribution in [3.63, 3.8) is 0 Å². The van der Waals surface area contributed by atoms with Crippen LogP contribution in [-0.4, -0.2) is 16.4 Å². The summed E-state index contributed by atoms with van der Waals surface area (Å²) in [6, 6.07) is 11.2. The molecule has 25 heavy (non-hydrogen) atoms. The highest BCUT2D eigenvalue weighted by Gasteiger charge is 2.26. The van der Waals surface area contributed by atoms with Crippen molar-refractivity contribution >= 4 is 28.2 Å². The quantitative estimate of drug-likeness (QED) is 0.756. The third-order valence-electron chi connectivity index (χ3n) is 4.43. The first-order valence-corrected chi connectivity index (χ1v) is 8.94. The van der Waals surface area contributed by atoms with Gasteiger partial charge in [-0.05, 0) is 61.2 Å². The van der Waals surface area contributed by atoms with Crippen LogP contribution in [-0.2, 0) is 12.8 Å². The van der Waals surface area contributed by atoms with Crippen LogP contribution in [0.1, 0.15) is 37.6 Å². The summed E-state index contributed by atoms with van der Waals surface area (Å²) in [5.41, 5.74) is 8.55. The van der Waals surface area contributed by atoms with Crippen LogP contribution in [0.3, 0.4) is 0 Å². The van der Waals surface area contributed by atoms with Gasteiger partial charge in [-0.15, -0.1) is 11.3 Å². The number of thiophene rings is 1. The number of amides is 2. The monoisotopic (exact) mass is 351 g/mol. The van der Waals surface area contributed by atoms with Crippen LogP contribution in [0.4, 0.5) is 5.00 Å². The van der Waals surface area contributed by atoms with E-state index in [1.165, 1.54) is 11.3 Å². The summed E-state index contributed by atoms with van der Waals surface area (Å²) < 4.78 is 1.97. The van der Waals surface area contributed by atoms with E-state index in [-0.39, 0.29) is 5.91 Å². The second-order valence-corrected chi connectivity index (χ2v) is 7.12. The van der Waals surface area contributed by atoms with Crippen LogP contribution in [0.15, 0.2) is 48.8 Å². The lowest BCUT2D eigenvalue weighted by Crippen LogP contribution is -2.17. The van der Waals surface area contributed by atoms with Crippen molar-refractivity contribution in [2.24, 2.45) is 5.73 Å². The average molecular weight is 351 g/mol. The largest absolute Gasteiger partial charge is 0.365 e. The maximum atomic E-state index is 12.6. The number of fused-ring (bicyclic) bond motifs is 1. The van der Waals surface area contributed by atoms with E-state index in [4.69, 9.17) is 5.73 Å². The SMILES string of the molecule is NC(=O)c1c(NC(=O)c2ccc(-n3cccc3)cc2)sc2c1CCC2. The van der Waals surface area contributed by atoms with Gasteiger partial charge in [0.15, 0.2) is 0 Å². The molecule has 2 amide bonds.